The molecule has 0 saturated heterocycles. The Hall–Kier alpha value is -0.880. The number of benzene rings is 1. The Labute approximate surface area is 161 Å². The average molecular weight is 442 g/mol. The van der Waals surface area contributed by atoms with E-state index in [9.17, 15) is 0 Å². The molecule has 2 rings (SSSR count). The zero-order chi connectivity index (χ0) is 16.1. The second-order valence-corrected chi connectivity index (χ2v) is 7.26. The van der Waals surface area contributed by atoms with E-state index in [1.165, 1.54) is 28.4 Å². The molecule has 0 amide bonds. The normalized spacial score (nSPS) is 11.0. The first-order valence-corrected chi connectivity index (χ1v) is 8.78. The summed E-state index contributed by atoms with van der Waals surface area (Å²) in [5, 5.41) is 3.57. The van der Waals surface area contributed by atoms with Gasteiger partial charge < -0.3 is 28.9 Å². The highest BCUT2D eigenvalue weighted by Gasteiger charge is 2.14. The van der Waals surface area contributed by atoms with Crippen molar-refractivity contribution in [2.75, 3.05) is 19.0 Å². The summed E-state index contributed by atoms with van der Waals surface area (Å²) in [5.41, 5.74) is 3.83. The molecule has 0 aliphatic heterocycles. The molecule has 1 aromatic carbocycles. The van der Waals surface area contributed by atoms with Crippen molar-refractivity contribution in [1.82, 2.24) is 0 Å². The van der Waals surface area contributed by atoms with Gasteiger partial charge in [0.15, 0.2) is 5.69 Å². The van der Waals surface area contributed by atoms with E-state index in [0.29, 0.717) is 0 Å². The summed E-state index contributed by atoms with van der Waals surface area (Å²) in [4.78, 5) is 2.12. The second-order valence-electron chi connectivity index (χ2n) is 6.37. The first-order chi connectivity index (χ1) is 10.5. The average Bonchev–Trinajstić information content (AvgIpc) is 2.83. The number of anilines is 1. The lowest BCUT2D eigenvalue weighted by Crippen LogP contribution is -3.00. The van der Waals surface area contributed by atoms with Crippen molar-refractivity contribution in [3.63, 3.8) is 0 Å². The highest BCUT2D eigenvalue weighted by atomic mass is 127. The molecule has 0 fully saturated rings. The predicted octanol–water partition coefficient (Wildman–Crippen LogP) is 1.63. The van der Waals surface area contributed by atoms with Gasteiger partial charge in [-0.2, -0.15) is 4.57 Å². The molecule has 2 aromatic rings. The molecule has 0 spiro atoms. The van der Waals surface area contributed by atoms with Gasteiger partial charge >= 0.3 is 0 Å². The molecule has 0 aliphatic carbocycles. The van der Waals surface area contributed by atoms with Crippen LogP contribution in [0.5, 0.6) is 0 Å². The second kappa shape index (κ2) is 9.42. The molecule has 4 heteroatoms. The number of thiazole rings is 1. The van der Waals surface area contributed by atoms with E-state index in [1.807, 2.05) is 11.3 Å². The maximum Gasteiger partial charge on any atom is 0.261 e. The van der Waals surface area contributed by atoms with Crippen LogP contribution in [0, 0.1) is 12.8 Å². The summed E-state index contributed by atoms with van der Waals surface area (Å²) in [5.74, 6) is 0.738. The highest BCUT2D eigenvalue weighted by molar-refractivity contribution is 7.10. The number of hydrogen-bond donors (Lipinski definition) is 0. The lowest BCUT2D eigenvalue weighted by atomic mass is 10.1. The van der Waals surface area contributed by atoms with Crippen molar-refractivity contribution in [2.24, 2.45) is 5.92 Å². The zero-order valence-corrected chi connectivity index (χ0v) is 17.7. The van der Waals surface area contributed by atoms with E-state index in [-0.39, 0.29) is 24.0 Å². The lowest BCUT2D eigenvalue weighted by molar-refractivity contribution is -0.700. The van der Waals surface area contributed by atoms with E-state index >= 15 is 0 Å². The Bertz CT molecular complexity index is 627. The van der Waals surface area contributed by atoms with Crippen molar-refractivity contribution in [3.05, 3.63) is 45.9 Å². The van der Waals surface area contributed by atoms with Crippen molar-refractivity contribution in [1.29, 1.82) is 0 Å². The van der Waals surface area contributed by atoms with Crippen LogP contribution in [0.3, 0.4) is 0 Å². The van der Waals surface area contributed by atoms with Crippen LogP contribution in [-0.2, 0) is 6.54 Å². The van der Waals surface area contributed by atoms with Crippen LogP contribution in [0.1, 0.15) is 36.5 Å². The third-order valence-electron chi connectivity index (χ3n) is 3.80. The van der Waals surface area contributed by atoms with Gasteiger partial charge in [-0.25, -0.2) is 0 Å². The Morgan fingerprint density at radius 3 is 2.35 bits per heavy atom. The fourth-order valence-corrected chi connectivity index (χ4v) is 3.23. The maximum atomic E-state index is 2.43. The monoisotopic (exact) mass is 442 g/mol. The molecule has 0 radical (unpaired) electrons. The summed E-state index contributed by atoms with van der Waals surface area (Å²) in [6.45, 7) is 7.86. The van der Waals surface area contributed by atoms with Gasteiger partial charge in [-0.15, -0.1) is 0 Å². The molecule has 23 heavy (non-hydrogen) atoms. The van der Waals surface area contributed by atoms with Crippen molar-refractivity contribution >= 4 is 29.2 Å². The number of rotatable bonds is 6. The minimum absolute atomic E-state index is 0. The third kappa shape index (κ3) is 5.92. The van der Waals surface area contributed by atoms with Gasteiger partial charge in [-0.05, 0) is 29.7 Å². The van der Waals surface area contributed by atoms with E-state index in [2.05, 4.69) is 86.1 Å². The summed E-state index contributed by atoms with van der Waals surface area (Å²) in [7, 11) is 4.13. The molecule has 126 valence electrons. The fraction of sp³-hybridized carbons (Fsp3) is 0.421. The first kappa shape index (κ1) is 20.2. The summed E-state index contributed by atoms with van der Waals surface area (Å²) >= 11 is 1.82. The topological polar surface area (TPSA) is 7.12 Å². The molecule has 0 unspecified atom stereocenters. The van der Waals surface area contributed by atoms with Gasteiger partial charge in [0, 0.05) is 39.2 Å². The molecule has 0 saturated carbocycles. The van der Waals surface area contributed by atoms with Gasteiger partial charge in [0.05, 0.1) is 5.38 Å². The summed E-state index contributed by atoms with van der Waals surface area (Å²) < 4.78 is 2.43. The standard InChI is InChI=1S/C19H27N2S.HI/c1-15(2)12-13-21-16(3)14-22-19(21)11-8-17-6-9-18(10-7-17)20(4)5;/h6-11,14-15H,12-13H2,1-5H3;1H/q+1;/p-1. The molecular formula is C19H27IN2S. The minimum Gasteiger partial charge on any atom is -1.00 e. The number of nitrogens with zero attached hydrogens (tertiary/aromatic N) is 2. The van der Waals surface area contributed by atoms with E-state index < -0.39 is 0 Å². The van der Waals surface area contributed by atoms with Gasteiger partial charge in [-0.1, -0.05) is 37.3 Å². The molecule has 1 aromatic heterocycles. The SMILES string of the molecule is Cc1csc(/C=C/c2ccc(N(C)C)cc2)[n+]1CCC(C)C.[I-]. The molecule has 0 aliphatic rings. The molecular weight excluding hydrogens is 415 g/mol. The van der Waals surface area contributed by atoms with E-state index in [1.54, 1.807) is 0 Å². The molecule has 1 heterocycles. The smallest absolute Gasteiger partial charge is 0.261 e. The molecule has 0 bridgehead atoms. The largest absolute Gasteiger partial charge is 1.00 e. The van der Waals surface area contributed by atoms with Crippen molar-refractivity contribution in [2.45, 2.75) is 33.7 Å². The van der Waals surface area contributed by atoms with Gasteiger partial charge in [0.1, 0.15) is 6.54 Å². The number of aryl methyl sites for hydroxylation is 1. The Morgan fingerprint density at radius 1 is 1.13 bits per heavy atom. The first-order valence-electron chi connectivity index (χ1n) is 7.90. The van der Waals surface area contributed by atoms with Crippen molar-refractivity contribution < 1.29 is 28.5 Å². The van der Waals surface area contributed by atoms with E-state index in [0.717, 1.165) is 12.5 Å². The van der Waals surface area contributed by atoms with Crippen LogP contribution in [-0.4, -0.2) is 14.1 Å². The predicted molar refractivity (Wildman–Crippen MR) is 98.4 cm³/mol. The molecule has 0 N–H and O–H groups in total. The maximum absolute atomic E-state index is 2.43. The summed E-state index contributed by atoms with van der Waals surface area (Å²) in [6.07, 6.45) is 5.67. The van der Waals surface area contributed by atoms with Gasteiger partial charge in [0.25, 0.3) is 5.01 Å². The van der Waals surface area contributed by atoms with Crippen LogP contribution in [0.15, 0.2) is 29.6 Å². The molecule has 2 nitrogen and oxygen atoms in total. The number of halogens is 1. The van der Waals surface area contributed by atoms with Gasteiger partial charge in [0.2, 0.25) is 0 Å². The Kier molecular flexibility index (Phi) is 8.26. The fourth-order valence-electron chi connectivity index (χ4n) is 2.30. The van der Waals surface area contributed by atoms with Gasteiger partial charge in [-0.3, -0.25) is 0 Å². The van der Waals surface area contributed by atoms with Crippen LogP contribution in [0.2, 0.25) is 0 Å². The molecule has 0 atom stereocenters. The van der Waals surface area contributed by atoms with Crippen LogP contribution < -0.4 is 33.4 Å². The van der Waals surface area contributed by atoms with Crippen LogP contribution in [0.4, 0.5) is 5.69 Å². The zero-order valence-electron chi connectivity index (χ0n) is 14.7. The van der Waals surface area contributed by atoms with Crippen LogP contribution in [0.25, 0.3) is 12.2 Å². The quantitative estimate of drug-likeness (QED) is 0.488. The minimum atomic E-state index is 0. The van der Waals surface area contributed by atoms with Crippen LogP contribution >= 0.6 is 11.3 Å². The lowest BCUT2D eigenvalue weighted by Gasteiger charge is -2.11. The number of aromatic nitrogens is 1. The Balaban J connectivity index is 0.00000264. The van der Waals surface area contributed by atoms with Crippen molar-refractivity contribution in [3.8, 4) is 0 Å². The third-order valence-corrected chi connectivity index (χ3v) is 4.86. The summed E-state index contributed by atoms with van der Waals surface area (Å²) in [6, 6.07) is 8.66. The number of hydrogen-bond acceptors (Lipinski definition) is 2. The van der Waals surface area contributed by atoms with E-state index in [4.69, 9.17) is 0 Å². The highest BCUT2D eigenvalue weighted by Crippen LogP contribution is 2.16. The Morgan fingerprint density at radius 2 is 1.78 bits per heavy atom.